The van der Waals surface area contributed by atoms with Gasteiger partial charge < -0.3 is 10.1 Å². The lowest BCUT2D eigenvalue weighted by Crippen LogP contribution is -2.43. The summed E-state index contributed by atoms with van der Waals surface area (Å²) in [6.07, 6.45) is -1.72. The highest BCUT2D eigenvalue weighted by molar-refractivity contribution is 6.31. The van der Waals surface area contributed by atoms with Crippen LogP contribution in [0.3, 0.4) is 0 Å². The zero-order valence-electron chi connectivity index (χ0n) is 20.4. The molecule has 4 rings (SSSR count). The van der Waals surface area contributed by atoms with Gasteiger partial charge in [-0.3, -0.25) is 9.78 Å². The predicted octanol–water partition coefficient (Wildman–Crippen LogP) is 6.74. The molecule has 10 heteroatoms. The van der Waals surface area contributed by atoms with Gasteiger partial charge in [-0.2, -0.15) is 13.2 Å². The van der Waals surface area contributed by atoms with E-state index in [2.05, 4.69) is 10.3 Å². The second-order valence-corrected chi connectivity index (χ2v) is 8.98. The molecule has 200 valence electrons. The van der Waals surface area contributed by atoms with Gasteiger partial charge in [0.05, 0.1) is 23.3 Å². The molecular formula is C29H21ClF4N2O3. The minimum Gasteiger partial charge on any atom is -0.467 e. The average molecular weight is 557 g/mol. The first-order valence-corrected chi connectivity index (χ1v) is 12.0. The Bertz CT molecular complexity index is 1510. The molecule has 0 radical (unpaired) electrons. The molecule has 39 heavy (non-hydrogen) atoms. The molecule has 1 aromatic heterocycles. The second kappa shape index (κ2) is 11.7. The maximum atomic E-state index is 13.7. The third kappa shape index (κ3) is 6.61. The molecule has 0 aliphatic carbocycles. The van der Waals surface area contributed by atoms with Crippen LogP contribution in [0.15, 0.2) is 85.2 Å². The number of benzene rings is 3. The van der Waals surface area contributed by atoms with Crippen molar-refractivity contribution in [1.29, 1.82) is 0 Å². The number of rotatable bonds is 7. The quantitative estimate of drug-likeness (QED) is 0.202. The maximum Gasteiger partial charge on any atom is 0.416 e. The molecule has 4 aromatic rings. The molecule has 0 fully saturated rings. The first-order valence-electron chi connectivity index (χ1n) is 11.6. The van der Waals surface area contributed by atoms with E-state index >= 15 is 0 Å². The first-order chi connectivity index (χ1) is 18.6. The van der Waals surface area contributed by atoms with E-state index in [1.165, 1.54) is 49.8 Å². The summed E-state index contributed by atoms with van der Waals surface area (Å²) < 4.78 is 57.3. The fourth-order valence-corrected chi connectivity index (χ4v) is 4.19. The Labute approximate surface area is 226 Å². The number of carbonyl (C=O) groups excluding carboxylic acids is 2. The molecular weight excluding hydrogens is 536 g/mol. The molecule has 1 N–H and O–H groups in total. The van der Waals surface area contributed by atoms with E-state index in [1.807, 2.05) is 0 Å². The summed E-state index contributed by atoms with van der Waals surface area (Å²) >= 11 is 5.95. The van der Waals surface area contributed by atoms with Crippen LogP contribution in [0.25, 0.3) is 22.3 Å². The van der Waals surface area contributed by atoms with Crippen molar-refractivity contribution < 1.29 is 31.9 Å². The zero-order valence-corrected chi connectivity index (χ0v) is 21.2. The Morgan fingerprint density at radius 1 is 0.949 bits per heavy atom. The third-order valence-electron chi connectivity index (χ3n) is 6.01. The Morgan fingerprint density at radius 2 is 1.64 bits per heavy atom. The van der Waals surface area contributed by atoms with Gasteiger partial charge in [0.2, 0.25) is 0 Å². The molecule has 1 amide bonds. The van der Waals surface area contributed by atoms with Gasteiger partial charge in [0.25, 0.3) is 5.91 Å². The lowest BCUT2D eigenvalue weighted by Gasteiger charge is -2.19. The number of amides is 1. The Balaban J connectivity index is 1.58. The normalized spacial score (nSPS) is 12.1. The van der Waals surface area contributed by atoms with Gasteiger partial charge in [0.15, 0.2) is 0 Å². The zero-order chi connectivity index (χ0) is 28.2. The average Bonchev–Trinajstić information content (AvgIpc) is 2.93. The SMILES string of the molecule is COC(=O)[C@@H](Cc1ccccc1-c1ccc(F)c(Cl)c1)NC(=O)c1cncc(-c2ccc(C(F)(F)F)cc2)c1. The number of ether oxygens (including phenoxy) is 1. The Morgan fingerprint density at radius 3 is 2.31 bits per heavy atom. The number of nitrogens with one attached hydrogen (secondary N) is 1. The van der Waals surface area contributed by atoms with Crippen LogP contribution in [0, 0.1) is 5.82 Å². The van der Waals surface area contributed by atoms with E-state index in [0.29, 0.717) is 27.8 Å². The van der Waals surface area contributed by atoms with E-state index in [9.17, 15) is 27.2 Å². The fraction of sp³-hybridized carbons (Fsp3) is 0.138. The topological polar surface area (TPSA) is 68.3 Å². The highest BCUT2D eigenvalue weighted by Gasteiger charge is 2.30. The van der Waals surface area contributed by atoms with Crippen molar-refractivity contribution in [3.63, 3.8) is 0 Å². The molecule has 1 atom stereocenters. The van der Waals surface area contributed by atoms with Crippen molar-refractivity contribution >= 4 is 23.5 Å². The smallest absolute Gasteiger partial charge is 0.416 e. The summed E-state index contributed by atoms with van der Waals surface area (Å²) in [5.41, 5.74) is 2.14. The highest BCUT2D eigenvalue weighted by Crippen LogP contribution is 2.31. The van der Waals surface area contributed by atoms with Crippen molar-refractivity contribution in [2.24, 2.45) is 0 Å². The summed E-state index contributed by atoms with van der Waals surface area (Å²) in [4.78, 5) is 29.8. The van der Waals surface area contributed by atoms with Gasteiger partial charge in [0, 0.05) is 24.4 Å². The standard InChI is InChI=1S/C29H21ClF4N2O3/c1-39-28(38)26(14-18-4-2-3-5-23(18)19-8-11-25(31)24(30)13-19)36-27(37)21-12-20(15-35-16-21)17-6-9-22(10-7-17)29(32,33)34/h2-13,15-16,26H,14H2,1H3,(H,36,37)/t26-/m1/s1. The van der Waals surface area contributed by atoms with Gasteiger partial charge in [-0.25, -0.2) is 9.18 Å². The number of alkyl halides is 3. The summed E-state index contributed by atoms with van der Waals surface area (Å²) in [5.74, 6) is -1.89. The van der Waals surface area contributed by atoms with Crippen LogP contribution in [-0.2, 0) is 22.1 Å². The minimum absolute atomic E-state index is 0.0512. The van der Waals surface area contributed by atoms with Gasteiger partial charge in [0.1, 0.15) is 11.9 Å². The Hall–Kier alpha value is -4.24. The number of aromatic nitrogens is 1. The van der Waals surface area contributed by atoms with Crippen molar-refractivity contribution in [2.45, 2.75) is 18.6 Å². The van der Waals surface area contributed by atoms with Gasteiger partial charge in [-0.15, -0.1) is 0 Å². The van der Waals surface area contributed by atoms with Crippen LogP contribution in [0.1, 0.15) is 21.5 Å². The van der Waals surface area contributed by atoms with E-state index in [0.717, 1.165) is 12.1 Å². The molecule has 0 saturated heterocycles. The maximum absolute atomic E-state index is 13.7. The van der Waals surface area contributed by atoms with Crippen LogP contribution in [0.5, 0.6) is 0 Å². The molecule has 3 aromatic carbocycles. The fourth-order valence-electron chi connectivity index (χ4n) is 4.01. The number of carbonyl (C=O) groups is 2. The third-order valence-corrected chi connectivity index (χ3v) is 6.30. The number of hydrogen-bond donors (Lipinski definition) is 1. The summed E-state index contributed by atoms with van der Waals surface area (Å²) in [7, 11) is 1.19. The number of halogens is 5. The van der Waals surface area contributed by atoms with E-state index in [1.54, 1.807) is 30.3 Å². The van der Waals surface area contributed by atoms with Gasteiger partial charge >= 0.3 is 12.1 Å². The summed E-state index contributed by atoms with van der Waals surface area (Å²) in [6, 6.07) is 16.2. The number of pyridine rings is 1. The van der Waals surface area contributed by atoms with E-state index in [-0.39, 0.29) is 17.0 Å². The van der Waals surface area contributed by atoms with Crippen molar-refractivity contribution in [3.05, 3.63) is 113 Å². The molecule has 0 unspecified atom stereocenters. The summed E-state index contributed by atoms with van der Waals surface area (Å²) in [6.45, 7) is 0. The van der Waals surface area contributed by atoms with Gasteiger partial charge in [-0.05, 0) is 52.6 Å². The molecule has 5 nitrogen and oxygen atoms in total. The summed E-state index contributed by atoms with van der Waals surface area (Å²) in [5, 5.41) is 2.60. The molecule has 0 aliphatic rings. The Kier molecular flexibility index (Phi) is 8.30. The lowest BCUT2D eigenvalue weighted by atomic mass is 9.95. The largest absolute Gasteiger partial charge is 0.467 e. The highest BCUT2D eigenvalue weighted by atomic mass is 35.5. The lowest BCUT2D eigenvalue weighted by molar-refractivity contribution is -0.143. The van der Waals surface area contributed by atoms with Crippen molar-refractivity contribution in [1.82, 2.24) is 10.3 Å². The molecule has 0 spiro atoms. The van der Waals surface area contributed by atoms with Crippen LogP contribution < -0.4 is 5.32 Å². The molecule has 0 saturated carbocycles. The number of nitrogens with zero attached hydrogens (tertiary/aromatic N) is 1. The first kappa shape index (κ1) is 27.8. The predicted molar refractivity (Wildman–Crippen MR) is 138 cm³/mol. The van der Waals surface area contributed by atoms with Crippen LogP contribution in [0.2, 0.25) is 5.02 Å². The number of hydrogen-bond acceptors (Lipinski definition) is 4. The molecule has 0 aliphatic heterocycles. The monoisotopic (exact) mass is 556 g/mol. The minimum atomic E-state index is -4.47. The molecule has 1 heterocycles. The van der Waals surface area contributed by atoms with Crippen molar-refractivity contribution in [3.8, 4) is 22.3 Å². The van der Waals surface area contributed by atoms with Crippen molar-refractivity contribution in [2.75, 3.05) is 7.11 Å². The molecule has 0 bridgehead atoms. The van der Waals surface area contributed by atoms with Crippen LogP contribution in [-0.4, -0.2) is 30.0 Å². The number of esters is 1. The van der Waals surface area contributed by atoms with Gasteiger partial charge in [-0.1, -0.05) is 54.1 Å². The van der Waals surface area contributed by atoms with E-state index in [4.69, 9.17) is 16.3 Å². The van der Waals surface area contributed by atoms with E-state index < -0.39 is 35.5 Å². The number of methoxy groups -OCH3 is 1. The van der Waals surface area contributed by atoms with Crippen LogP contribution in [0.4, 0.5) is 17.6 Å². The second-order valence-electron chi connectivity index (χ2n) is 8.58. The van der Waals surface area contributed by atoms with Crippen LogP contribution >= 0.6 is 11.6 Å².